The van der Waals surface area contributed by atoms with E-state index in [0.29, 0.717) is 13.0 Å². The molecule has 2 aromatic rings. The van der Waals surface area contributed by atoms with Crippen LogP contribution in [0.2, 0.25) is 0 Å². The molecule has 25 heavy (non-hydrogen) atoms. The fourth-order valence-corrected chi connectivity index (χ4v) is 2.82. The molecule has 1 N–H and O–H groups in total. The molecular weight excluding hydrogens is 336 g/mol. The molecule has 0 atom stereocenters. The average Bonchev–Trinajstić information content (AvgIpc) is 2.62. The molecule has 0 saturated carbocycles. The van der Waals surface area contributed by atoms with Crippen LogP contribution >= 0.6 is 11.8 Å². The summed E-state index contributed by atoms with van der Waals surface area (Å²) in [5, 5.41) is 11.1. The summed E-state index contributed by atoms with van der Waals surface area (Å²) in [6.07, 6.45) is 1.65. The Morgan fingerprint density at radius 3 is 2.44 bits per heavy atom. The second kappa shape index (κ2) is 11.1. The van der Waals surface area contributed by atoms with Gasteiger partial charge in [-0.1, -0.05) is 43.5 Å². The molecular formula is C20H22O4S. The first kappa shape index (κ1) is 20.5. The van der Waals surface area contributed by atoms with Crippen LogP contribution in [0.5, 0.6) is 0 Å². The fourth-order valence-electron chi connectivity index (χ4n) is 1.86. The van der Waals surface area contributed by atoms with Crippen LogP contribution in [0.15, 0.2) is 72.2 Å². The quantitative estimate of drug-likeness (QED) is 0.442. The van der Waals surface area contributed by atoms with Crippen LogP contribution in [0.3, 0.4) is 0 Å². The number of rotatable bonds is 7. The Kier molecular flexibility index (Phi) is 9.11. The van der Waals surface area contributed by atoms with Crippen LogP contribution < -0.4 is 0 Å². The molecule has 132 valence electrons. The van der Waals surface area contributed by atoms with E-state index in [4.69, 9.17) is 5.11 Å². The Hall–Kier alpha value is -2.53. The Labute approximate surface area is 152 Å². The smallest absolute Gasteiger partial charge is 0.330 e. The van der Waals surface area contributed by atoms with Crippen LogP contribution in [0.1, 0.15) is 13.3 Å². The summed E-state index contributed by atoms with van der Waals surface area (Å²) >= 11 is 1.66. The van der Waals surface area contributed by atoms with Gasteiger partial charge in [-0.3, -0.25) is 0 Å². The van der Waals surface area contributed by atoms with E-state index in [-0.39, 0.29) is 11.5 Å². The third-order valence-electron chi connectivity index (χ3n) is 3.15. The predicted octanol–water partition coefficient (Wildman–Crippen LogP) is 4.70. The van der Waals surface area contributed by atoms with Gasteiger partial charge in [0.15, 0.2) is 0 Å². The summed E-state index contributed by atoms with van der Waals surface area (Å²) < 4.78 is 4.43. The van der Waals surface area contributed by atoms with Crippen molar-refractivity contribution >= 4 is 34.5 Å². The molecule has 4 nitrogen and oxygen atoms in total. The summed E-state index contributed by atoms with van der Waals surface area (Å²) in [7, 11) is 0. The number of fused-ring (bicyclic) bond motifs is 1. The molecule has 0 aliphatic carbocycles. The molecule has 0 aliphatic rings. The molecule has 2 rings (SSSR count). The number of hydrogen-bond donors (Lipinski definition) is 1. The molecule has 0 amide bonds. The van der Waals surface area contributed by atoms with E-state index in [1.807, 2.05) is 12.1 Å². The number of benzene rings is 2. The molecule has 0 aromatic heterocycles. The van der Waals surface area contributed by atoms with Crippen molar-refractivity contribution in [3.05, 3.63) is 67.3 Å². The second-order valence-electron chi connectivity index (χ2n) is 4.97. The summed E-state index contributed by atoms with van der Waals surface area (Å²) in [4.78, 5) is 21.8. The van der Waals surface area contributed by atoms with Crippen molar-refractivity contribution in [3.8, 4) is 0 Å². The van der Waals surface area contributed by atoms with E-state index in [1.54, 1.807) is 18.7 Å². The zero-order valence-electron chi connectivity index (χ0n) is 14.2. The lowest BCUT2D eigenvalue weighted by Gasteiger charge is -2.04. The van der Waals surface area contributed by atoms with E-state index in [2.05, 4.69) is 48.2 Å². The van der Waals surface area contributed by atoms with E-state index >= 15 is 0 Å². The van der Waals surface area contributed by atoms with Crippen LogP contribution in [-0.4, -0.2) is 29.4 Å². The number of aliphatic carboxylic acids is 1. The molecule has 0 radical (unpaired) electrons. The minimum absolute atomic E-state index is 0.267. The maximum Gasteiger partial charge on any atom is 0.330 e. The number of hydrogen-bond acceptors (Lipinski definition) is 4. The van der Waals surface area contributed by atoms with Gasteiger partial charge in [-0.25, -0.2) is 9.59 Å². The Balaban J connectivity index is 0.000000381. The van der Waals surface area contributed by atoms with Gasteiger partial charge in [-0.05, 0) is 36.2 Å². The van der Waals surface area contributed by atoms with Crippen molar-refractivity contribution in [2.45, 2.75) is 18.2 Å². The van der Waals surface area contributed by atoms with Crippen molar-refractivity contribution in [1.82, 2.24) is 0 Å². The zero-order chi connectivity index (χ0) is 18.7. The lowest BCUT2D eigenvalue weighted by atomic mass is 10.1. The number of carboxylic acid groups (broad SMARTS) is 1. The van der Waals surface area contributed by atoms with Gasteiger partial charge in [0.2, 0.25) is 0 Å². The summed E-state index contributed by atoms with van der Waals surface area (Å²) in [5.74, 6) is -0.527. The third kappa shape index (κ3) is 7.72. The highest BCUT2D eigenvalue weighted by Crippen LogP contribution is 2.24. The number of esters is 1. The molecule has 0 spiro atoms. The van der Waals surface area contributed by atoms with Crippen LogP contribution in [0.4, 0.5) is 0 Å². The number of carbonyl (C=O) groups excluding carboxylic acids is 1. The highest BCUT2D eigenvalue weighted by Gasteiger charge is 2.04. The van der Waals surface area contributed by atoms with Crippen molar-refractivity contribution < 1.29 is 19.4 Å². The molecule has 0 saturated heterocycles. The van der Waals surface area contributed by atoms with Gasteiger partial charge in [0.05, 0.1) is 6.61 Å². The van der Waals surface area contributed by atoms with Gasteiger partial charge in [0.25, 0.3) is 0 Å². The van der Waals surface area contributed by atoms with Crippen molar-refractivity contribution in [3.63, 3.8) is 0 Å². The highest BCUT2D eigenvalue weighted by molar-refractivity contribution is 7.99. The minimum atomic E-state index is -0.908. The number of thioether (sulfide) groups is 1. The van der Waals surface area contributed by atoms with E-state index in [9.17, 15) is 9.59 Å². The fraction of sp³-hybridized carbons (Fsp3) is 0.200. The van der Waals surface area contributed by atoms with Gasteiger partial charge < -0.3 is 9.84 Å². The number of carbonyl (C=O) groups is 2. The van der Waals surface area contributed by atoms with E-state index in [1.165, 1.54) is 10.8 Å². The van der Waals surface area contributed by atoms with Gasteiger partial charge in [0, 0.05) is 22.3 Å². The Morgan fingerprint density at radius 2 is 1.88 bits per heavy atom. The van der Waals surface area contributed by atoms with Crippen LogP contribution in [-0.2, 0) is 14.3 Å². The lowest BCUT2D eigenvalue weighted by Crippen LogP contribution is -1.99. The van der Waals surface area contributed by atoms with Gasteiger partial charge in [0.1, 0.15) is 0 Å². The minimum Gasteiger partial charge on any atom is -0.478 e. The largest absolute Gasteiger partial charge is 0.478 e. The molecule has 0 bridgehead atoms. The lowest BCUT2D eigenvalue weighted by molar-refractivity contribution is -0.137. The average molecular weight is 358 g/mol. The maximum absolute atomic E-state index is 10.6. The van der Waals surface area contributed by atoms with Crippen molar-refractivity contribution in [2.75, 3.05) is 12.4 Å². The predicted molar refractivity (Wildman–Crippen MR) is 103 cm³/mol. The maximum atomic E-state index is 10.6. The molecule has 0 heterocycles. The third-order valence-corrected chi connectivity index (χ3v) is 4.14. The van der Waals surface area contributed by atoms with E-state index in [0.717, 1.165) is 16.7 Å². The molecule has 5 heteroatoms. The SMILES string of the molecule is C=C(CCSc1ccc2ccccc2c1)C(=O)O.C=CC(=O)OCC. The topological polar surface area (TPSA) is 63.6 Å². The second-order valence-corrected chi connectivity index (χ2v) is 6.14. The first-order valence-electron chi connectivity index (χ1n) is 7.79. The normalized spacial score (nSPS) is 9.64. The summed E-state index contributed by atoms with van der Waals surface area (Å²) in [5.41, 5.74) is 0.267. The summed E-state index contributed by atoms with van der Waals surface area (Å²) in [6.45, 7) is 8.90. The van der Waals surface area contributed by atoms with Crippen molar-refractivity contribution in [1.29, 1.82) is 0 Å². The molecule has 0 unspecified atom stereocenters. The first-order valence-corrected chi connectivity index (χ1v) is 8.78. The molecule has 0 aliphatic heterocycles. The summed E-state index contributed by atoms with van der Waals surface area (Å²) in [6, 6.07) is 14.5. The monoisotopic (exact) mass is 358 g/mol. The Bertz CT molecular complexity index is 752. The van der Waals surface area contributed by atoms with Crippen LogP contribution in [0, 0.1) is 0 Å². The van der Waals surface area contributed by atoms with Gasteiger partial charge in [-0.15, -0.1) is 11.8 Å². The zero-order valence-corrected chi connectivity index (χ0v) is 15.1. The van der Waals surface area contributed by atoms with Gasteiger partial charge >= 0.3 is 11.9 Å². The standard InChI is InChI=1S/C15H14O2S.C5H8O2/c1-11(15(16)17)8-9-18-14-7-6-12-4-2-3-5-13(12)10-14;1-3-5(6)7-4-2/h2-7,10H,1,8-9H2,(H,16,17);3H,1,4H2,2H3. The molecule has 0 fully saturated rings. The van der Waals surface area contributed by atoms with Crippen molar-refractivity contribution in [2.24, 2.45) is 0 Å². The highest BCUT2D eigenvalue weighted by atomic mass is 32.2. The number of carboxylic acids is 1. The van der Waals surface area contributed by atoms with E-state index < -0.39 is 5.97 Å². The molecule has 2 aromatic carbocycles. The van der Waals surface area contributed by atoms with Gasteiger partial charge in [-0.2, -0.15) is 0 Å². The Morgan fingerprint density at radius 1 is 1.20 bits per heavy atom. The first-order chi connectivity index (χ1) is 12.0. The number of ether oxygens (including phenoxy) is 1. The van der Waals surface area contributed by atoms with Crippen LogP contribution in [0.25, 0.3) is 10.8 Å².